The molecule has 3 atom stereocenters. The molecule has 204 valence electrons. The Bertz CT molecular complexity index is 704. The minimum atomic E-state index is -0.619. The largest absolute Gasteiger partial charge is 0.381 e. The second-order valence-corrected chi connectivity index (χ2v) is 10.4. The monoisotopic (exact) mass is 502 g/mol. The van der Waals surface area contributed by atoms with E-state index in [2.05, 4.69) is 10.6 Å². The predicted molar refractivity (Wildman–Crippen MR) is 132 cm³/mol. The van der Waals surface area contributed by atoms with Crippen LogP contribution in [0.1, 0.15) is 68.7 Å². The second-order valence-electron chi connectivity index (χ2n) is 10.4. The van der Waals surface area contributed by atoms with E-state index in [1.807, 2.05) is 41.5 Å². The number of ether oxygens (including phenoxy) is 1. The van der Waals surface area contributed by atoms with Crippen molar-refractivity contribution in [1.82, 2.24) is 10.6 Å². The fraction of sp³-hybridized carbons (Fsp3) is 0.792. The lowest BCUT2D eigenvalue weighted by Gasteiger charge is -2.25. The first kappa shape index (κ1) is 37.1. The highest BCUT2D eigenvalue weighted by atomic mass is 16.5. The van der Waals surface area contributed by atoms with E-state index in [1.54, 1.807) is 27.9 Å². The maximum Gasteiger partial charge on any atom is 0.373 e. The van der Waals surface area contributed by atoms with Crippen molar-refractivity contribution in [3.05, 3.63) is 0 Å². The SMILES string of the molecule is CC(C)C(=O)N[C@@H](CN)C(=O)C(C)(C)C.COC(C)CC(=O)N[C@@H](CN)C(=O)C(C)(C)C.O=C=O. The van der Waals surface area contributed by atoms with Gasteiger partial charge in [-0.25, -0.2) is 0 Å². The highest BCUT2D eigenvalue weighted by molar-refractivity contribution is 5.93. The number of nitrogens with one attached hydrogen (secondary N) is 2. The van der Waals surface area contributed by atoms with Gasteiger partial charge in [0.05, 0.1) is 12.5 Å². The number of hydrogen-bond acceptors (Lipinski definition) is 9. The molecule has 0 aromatic heterocycles. The van der Waals surface area contributed by atoms with Gasteiger partial charge in [-0.2, -0.15) is 9.59 Å². The smallest absolute Gasteiger partial charge is 0.373 e. The second kappa shape index (κ2) is 17.9. The molecule has 0 aliphatic carbocycles. The summed E-state index contributed by atoms with van der Waals surface area (Å²) in [5.74, 6) is -0.570. The standard InChI is InChI=1S/C12H24N2O3.C11H22N2O2.CO2/c1-8(17-5)6-10(15)14-9(7-13)11(16)12(2,3)4;1-7(2)10(15)13-8(6-12)9(14)11(3,4)5;2-1-3/h8-9H,6-7,13H2,1-5H3,(H,14,15);7-8H,6,12H2,1-5H3,(H,13,15);/t8?,9-;8-;/m00./s1. The number of Topliss-reactive ketones (excluding diaryl/α,β-unsaturated/α-hetero) is 2. The van der Waals surface area contributed by atoms with Gasteiger partial charge in [-0.15, -0.1) is 0 Å². The highest BCUT2D eigenvalue weighted by Gasteiger charge is 2.31. The van der Waals surface area contributed by atoms with Gasteiger partial charge in [-0.05, 0) is 6.92 Å². The zero-order valence-electron chi connectivity index (χ0n) is 22.9. The average Bonchev–Trinajstić information content (AvgIpc) is 2.74. The van der Waals surface area contributed by atoms with Crippen molar-refractivity contribution < 1.29 is 33.5 Å². The van der Waals surface area contributed by atoms with Crippen LogP contribution in [0.25, 0.3) is 0 Å². The molecular weight excluding hydrogens is 456 g/mol. The molecule has 11 heteroatoms. The van der Waals surface area contributed by atoms with E-state index in [0.29, 0.717) is 0 Å². The van der Waals surface area contributed by atoms with Crippen LogP contribution in [-0.4, -0.2) is 67.9 Å². The Balaban J connectivity index is -0.000000528. The summed E-state index contributed by atoms with van der Waals surface area (Å²) in [4.78, 5) is 63.1. The van der Waals surface area contributed by atoms with Crippen LogP contribution < -0.4 is 22.1 Å². The van der Waals surface area contributed by atoms with Gasteiger partial charge < -0.3 is 26.8 Å². The van der Waals surface area contributed by atoms with Crippen molar-refractivity contribution in [2.24, 2.45) is 28.2 Å². The number of carbonyl (C=O) groups is 4. The summed E-state index contributed by atoms with van der Waals surface area (Å²) >= 11 is 0. The fourth-order valence-corrected chi connectivity index (χ4v) is 2.44. The molecule has 11 nitrogen and oxygen atoms in total. The molecule has 0 fully saturated rings. The van der Waals surface area contributed by atoms with Crippen LogP contribution in [0.4, 0.5) is 0 Å². The molecule has 1 unspecified atom stereocenters. The number of rotatable bonds is 10. The maximum absolute atomic E-state index is 12.0. The lowest BCUT2D eigenvalue weighted by molar-refractivity contribution is -0.191. The molecule has 0 radical (unpaired) electrons. The molecular formula is C24H46N4O7. The summed E-state index contributed by atoms with van der Waals surface area (Å²) in [6.45, 7) is 16.5. The minimum Gasteiger partial charge on any atom is -0.381 e. The summed E-state index contributed by atoms with van der Waals surface area (Å²) in [5.41, 5.74) is 10.0. The Hall–Kier alpha value is -2.46. The van der Waals surface area contributed by atoms with Crippen molar-refractivity contribution in [2.75, 3.05) is 20.2 Å². The molecule has 0 bridgehead atoms. The van der Waals surface area contributed by atoms with Crippen LogP contribution >= 0.6 is 0 Å². The van der Waals surface area contributed by atoms with Crippen LogP contribution in [-0.2, 0) is 33.5 Å². The van der Waals surface area contributed by atoms with Gasteiger partial charge in [0.2, 0.25) is 11.8 Å². The first-order valence-corrected chi connectivity index (χ1v) is 11.4. The van der Waals surface area contributed by atoms with Crippen LogP contribution in [0.15, 0.2) is 0 Å². The molecule has 0 saturated carbocycles. The molecule has 35 heavy (non-hydrogen) atoms. The van der Waals surface area contributed by atoms with Gasteiger partial charge >= 0.3 is 6.15 Å². The van der Waals surface area contributed by atoms with Crippen molar-refractivity contribution >= 4 is 29.5 Å². The topological polar surface area (TPSA) is 188 Å². The molecule has 0 heterocycles. The lowest BCUT2D eigenvalue weighted by Crippen LogP contribution is -2.50. The van der Waals surface area contributed by atoms with Gasteiger partial charge in [-0.3, -0.25) is 19.2 Å². The van der Waals surface area contributed by atoms with Crippen LogP contribution in [0.3, 0.4) is 0 Å². The molecule has 0 aliphatic rings. The van der Waals surface area contributed by atoms with E-state index in [-0.39, 0.29) is 61.1 Å². The van der Waals surface area contributed by atoms with Crippen molar-refractivity contribution in [3.8, 4) is 0 Å². The number of carbonyl (C=O) groups excluding carboxylic acids is 6. The van der Waals surface area contributed by atoms with E-state index in [1.165, 1.54) is 0 Å². The van der Waals surface area contributed by atoms with E-state index in [9.17, 15) is 19.2 Å². The predicted octanol–water partition coefficient (Wildman–Crippen LogP) is 0.588. The van der Waals surface area contributed by atoms with E-state index >= 15 is 0 Å². The van der Waals surface area contributed by atoms with E-state index < -0.39 is 22.9 Å². The first-order valence-electron chi connectivity index (χ1n) is 11.4. The third-order valence-corrected chi connectivity index (χ3v) is 4.63. The van der Waals surface area contributed by atoms with Crippen LogP contribution in [0.2, 0.25) is 0 Å². The number of methoxy groups -OCH3 is 1. The third kappa shape index (κ3) is 17.6. The Morgan fingerprint density at radius 3 is 1.40 bits per heavy atom. The zero-order chi connectivity index (χ0) is 28.6. The minimum absolute atomic E-state index is 0.0287. The number of ketones is 2. The third-order valence-electron chi connectivity index (χ3n) is 4.63. The molecule has 0 rings (SSSR count). The summed E-state index contributed by atoms with van der Waals surface area (Å²) in [6, 6.07) is -1.19. The summed E-state index contributed by atoms with van der Waals surface area (Å²) in [7, 11) is 1.54. The Labute approximate surface area is 209 Å². The van der Waals surface area contributed by atoms with Gasteiger partial charge in [0.1, 0.15) is 12.1 Å². The van der Waals surface area contributed by atoms with Gasteiger partial charge in [0.15, 0.2) is 11.6 Å². The van der Waals surface area contributed by atoms with E-state index in [0.717, 1.165) is 0 Å². The van der Waals surface area contributed by atoms with Crippen molar-refractivity contribution in [1.29, 1.82) is 0 Å². The normalized spacial score (nSPS) is 13.5. The summed E-state index contributed by atoms with van der Waals surface area (Å²) in [5, 5.41) is 5.30. The molecule has 0 aliphatic heterocycles. The van der Waals surface area contributed by atoms with Gasteiger partial charge in [0, 0.05) is 36.9 Å². The molecule has 6 N–H and O–H groups in total. The summed E-state index contributed by atoms with van der Waals surface area (Å²) < 4.78 is 4.99. The zero-order valence-corrected chi connectivity index (χ0v) is 22.9. The molecule has 2 amide bonds. The highest BCUT2D eigenvalue weighted by Crippen LogP contribution is 2.17. The fourth-order valence-electron chi connectivity index (χ4n) is 2.44. The average molecular weight is 503 g/mol. The quantitative estimate of drug-likeness (QED) is 0.331. The Morgan fingerprint density at radius 1 is 0.800 bits per heavy atom. The Kier molecular flexibility index (Phi) is 19.0. The Morgan fingerprint density at radius 2 is 1.14 bits per heavy atom. The first-order chi connectivity index (χ1) is 15.8. The molecule has 0 aromatic rings. The lowest BCUT2D eigenvalue weighted by atomic mass is 9.86. The number of nitrogens with two attached hydrogens (primary N) is 2. The number of hydrogen-bond donors (Lipinski definition) is 4. The van der Waals surface area contributed by atoms with E-state index in [4.69, 9.17) is 25.8 Å². The molecule has 0 spiro atoms. The maximum atomic E-state index is 12.0. The summed E-state index contributed by atoms with van der Waals surface area (Å²) in [6.07, 6.45) is 0.308. The van der Waals surface area contributed by atoms with Crippen LogP contribution in [0, 0.1) is 16.7 Å². The molecule has 0 saturated heterocycles. The van der Waals surface area contributed by atoms with Crippen molar-refractivity contribution in [3.63, 3.8) is 0 Å². The van der Waals surface area contributed by atoms with Gasteiger partial charge in [-0.1, -0.05) is 55.4 Å². The molecule has 0 aromatic carbocycles. The van der Waals surface area contributed by atoms with Crippen molar-refractivity contribution in [2.45, 2.75) is 86.9 Å². The number of amides is 2. The van der Waals surface area contributed by atoms with Crippen LogP contribution in [0.5, 0.6) is 0 Å². The van der Waals surface area contributed by atoms with Gasteiger partial charge in [0.25, 0.3) is 0 Å².